The second-order valence-corrected chi connectivity index (χ2v) is 7.12. The predicted octanol–water partition coefficient (Wildman–Crippen LogP) is 0.865. The summed E-state index contributed by atoms with van der Waals surface area (Å²) < 4.78 is 23.6. The highest BCUT2D eigenvalue weighted by Gasteiger charge is 2.20. The van der Waals surface area contributed by atoms with Gasteiger partial charge in [-0.15, -0.1) is 0 Å². The summed E-state index contributed by atoms with van der Waals surface area (Å²) in [4.78, 5) is 16.7. The monoisotopic (exact) mass is 337 g/mol. The number of hydrogen-bond donors (Lipinski definition) is 2. The molecule has 0 aromatic carbocycles. The van der Waals surface area contributed by atoms with Crippen molar-refractivity contribution < 1.29 is 18.3 Å². The fourth-order valence-corrected chi connectivity index (χ4v) is 2.89. The summed E-state index contributed by atoms with van der Waals surface area (Å²) in [6, 6.07) is 1.77. The van der Waals surface area contributed by atoms with Crippen LogP contribution >= 0.6 is 0 Å². The third-order valence-electron chi connectivity index (χ3n) is 3.54. The molecule has 2 aromatic rings. The van der Waals surface area contributed by atoms with Crippen LogP contribution in [-0.2, 0) is 23.0 Å². The quantitative estimate of drug-likeness (QED) is 0.853. The lowest BCUT2D eigenvalue weighted by Gasteiger charge is -2.26. The minimum Gasteiger partial charge on any atom is -0.465 e. The number of nitrogens with one attached hydrogen (secondary N) is 1. The molecule has 1 amide bonds. The van der Waals surface area contributed by atoms with Crippen LogP contribution in [0.4, 0.5) is 16.3 Å². The lowest BCUT2D eigenvalue weighted by Crippen LogP contribution is -2.34. The highest BCUT2D eigenvalue weighted by atomic mass is 32.2. The third-order valence-corrected chi connectivity index (χ3v) is 4.42. The number of aromatic nitrogens is 3. The summed E-state index contributed by atoms with van der Waals surface area (Å²) in [6.45, 7) is 0.766. The van der Waals surface area contributed by atoms with Gasteiger partial charge < -0.3 is 15.3 Å². The molecule has 0 spiro atoms. The number of carboxylic acid groups (broad SMARTS) is 1. The van der Waals surface area contributed by atoms with Gasteiger partial charge in [0.05, 0.1) is 24.3 Å². The van der Waals surface area contributed by atoms with Crippen LogP contribution < -0.4 is 5.32 Å². The first-order valence-corrected chi connectivity index (χ1v) is 8.65. The molecule has 23 heavy (non-hydrogen) atoms. The molecule has 1 aliphatic heterocycles. The molecule has 0 fully saturated rings. The van der Waals surface area contributed by atoms with Crippen molar-refractivity contribution in [2.75, 3.05) is 18.1 Å². The summed E-state index contributed by atoms with van der Waals surface area (Å²) >= 11 is 0. The van der Waals surface area contributed by atoms with Gasteiger partial charge in [-0.3, -0.25) is 0 Å². The van der Waals surface area contributed by atoms with Gasteiger partial charge in [0.15, 0.2) is 0 Å². The number of hydrogen-bond acceptors (Lipinski definition) is 6. The van der Waals surface area contributed by atoms with Crippen molar-refractivity contribution in [1.82, 2.24) is 19.1 Å². The zero-order valence-corrected chi connectivity index (χ0v) is 13.1. The molecule has 2 N–H and O–H groups in total. The normalized spacial score (nSPS) is 14.4. The molecule has 0 radical (unpaired) electrons. The molecule has 3 rings (SSSR count). The maximum Gasteiger partial charge on any atom is 0.407 e. The molecule has 0 bridgehead atoms. The zero-order chi connectivity index (χ0) is 16.6. The Balaban J connectivity index is 1.81. The second kappa shape index (κ2) is 5.54. The molecule has 0 aliphatic carbocycles. The van der Waals surface area contributed by atoms with Crippen LogP contribution in [0.3, 0.4) is 0 Å². The lowest BCUT2D eigenvalue weighted by molar-refractivity contribution is 0.140. The Labute approximate surface area is 132 Å². The van der Waals surface area contributed by atoms with Gasteiger partial charge in [-0.05, 0) is 23.6 Å². The van der Waals surface area contributed by atoms with Crippen LogP contribution in [-0.4, -0.2) is 51.5 Å². The molecule has 9 nitrogen and oxygen atoms in total. The first-order chi connectivity index (χ1) is 10.8. The molecule has 122 valence electrons. The average Bonchev–Trinajstić information content (AvgIpc) is 2.95. The van der Waals surface area contributed by atoms with Crippen molar-refractivity contribution in [3.8, 4) is 0 Å². The Morgan fingerprint density at radius 1 is 1.35 bits per heavy atom. The largest absolute Gasteiger partial charge is 0.465 e. The van der Waals surface area contributed by atoms with Crippen LogP contribution in [0.15, 0.2) is 24.7 Å². The number of carbonyl (C=O) groups is 1. The van der Waals surface area contributed by atoms with Crippen molar-refractivity contribution in [2.24, 2.45) is 0 Å². The smallest absolute Gasteiger partial charge is 0.407 e. The number of rotatable bonds is 3. The van der Waals surface area contributed by atoms with E-state index in [9.17, 15) is 13.2 Å². The molecule has 0 atom stereocenters. The summed E-state index contributed by atoms with van der Waals surface area (Å²) in [5, 5.41) is 15.8. The molecule has 2 aromatic heterocycles. The van der Waals surface area contributed by atoms with E-state index in [4.69, 9.17) is 5.11 Å². The van der Waals surface area contributed by atoms with Crippen LogP contribution in [0, 0.1) is 0 Å². The van der Waals surface area contributed by atoms with E-state index in [1.54, 1.807) is 12.3 Å². The van der Waals surface area contributed by atoms with Crippen LogP contribution in [0.1, 0.15) is 11.1 Å². The summed E-state index contributed by atoms with van der Waals surface area (Å²) in [5.74, 6) is 0.504. The highest BCUT2D eigenvalue weighted by Crippen LogP contribution is 2.22. The van der Waals surface area contributed by atoms with Crippen LogP contribution in [0.25, 0.3) is 0 Å². The number of fused-ring (bicyclic) bond motifs is 1. The second-order valence-electron chi connectivity index (χ2n) is 5.28. The maximum atomic E-state index is 11.4. The Bertz CT molecular complexity index is 861. The van der Waals surface area contributed by atoms with Crippen LogP contribution in [0.5, 0.6) is 0 Å². The topological polar surface area (TPSA) is 117 Å². The fourth-order valence-electron chi connectivity index (χ4n) is 2.37. The molecule has 3 heterocycles. The fraction of sp³-hybridized carbons (Fsp3) is 0.308. The van der Waals surface area contributed by atoms with E-state index in [1.165, 1.54) is 17.3 Å². The first kappa shape index (κ1) is 15.3. The van der Waals surface area contributed by atoms with Crippen molar-refractivity contribution in [3.05, 3.63) is 35.8 Å². The van der Waals surface area contributed by atoms with Gasteiger partial charge in [-0.25, -0.2) is 18.2 Å². The SMILES string of the molecule is CS(=O)(=O)n1cc(Nc2cc3c(cn2)CCN(C(=O)O)C3)cn1. The van der Waals surface area contributed by atoms with E-state index in [-0.39, 0.29) is 0 Å². The maximum absolute atomic E-state index is 11.4. The van der Waals surface area contributed by atoms with E-state index in [0.29, 0.717) is 31.0 Å². The summed E-state index contributed by atoms with van der Waals surface area (Å²) in [6.07, 6.45) is 5.17. The molecular formula is C13H15N5O4S. The van der Waals surface area contributed by atoms with E-state index in [0.717, 1.165) is 21.5 Å². The Morgan fingerprint density at radius 3 is 2.78 bits per heavy atom. The van der Waals surface area contributed by atoms with Gasteiger partial charge in [0, 0.05) is 19.3 Å². The van der Waals surface area contributed by atoms with Crippen molar-refractivity contribution in [3.63, 3.8) is 0 Å². The summed E-state index contributed by atoms with van der Waals surface area (Å²) in [7, 11) is -3.43. The number of anilines is 2. The Morgan fingerprint density at radius 2 is 2.13 bits per heavy atom. The average molecular weight is 337 g/mol. The third kappa shape index (κ3) is 3.26. The Hall–Kier alpha value is -2.62. The number of pyridine rings is 1. The molecule has 0 saturated carbocycles. The number of nitrogens with zero attached hydrogens (tertiary/aromatic N) is 4. The van der Waals surface area contributed by atoms with Gasteiger partial charge in [0.2, 0.25) is 0 Å². The first-order valence-electron chi connectivity index (χ1n) is 6.81. The predicted molar refractivity (Wildman–Crippen MR) is 82.1 cm³/mol. The molecular weight excluding hydrogens is 322 g/mol. The minimum atomic E-state index is -3.43. The highest BCUT2D eigenvalue weighted by molar-refractivity contribution is 7.89. The van der Waals surface area contributed by atoms with E-state index in [2.05, 4.69) is 15.4 Å². The molecule has 1 aliphatic rings. The van der Waals surface area contributed by atoms with E-state index >= 15 is 0 Å². The van der Waals surface area contributed by atoms with Crippen molar-refractivity contribution >= 4 is 27.6 Å². The molecule has 10 heteroatoms. The van der Waals surface area contributed by atoms with E-state index in [1.807, 2.05) is 0 Å². The van der Waals surface area contributed by atoms with Crippen LogP contribution in [0.2, 0.25) is 0 Å². The number of amides is 1. The standard InChI is InChI=1S/C13H15N5O4S/c1-23(21,22)18-8-11(6-15-18)16-12-4-10-7-17(13(19)20)3-2-9(10)5-14-12/h4-6,8H,2-3,7H2,1H3,(H,14,16)(H,19,20). The van der Waals surface area contributed by atoms with Gasteiger partial charge in [0.1, 0.15) is 5.82 Å². The minimum absolute atomic E-state index is 0.310. The van der Waals surface area contributed by atoms with Gasteiger partial charge >= 0.3 is 6.09 Å². The van der Waals surface area contributed by atoms with E-state index < -0.39 is 16.1 Å². The molecule has 0 saturated heterocycles. The van der Waals surface area contributed by atoms with Gasteiger partial charge in [-0.1, -0.05) is 0 Å². The molecule has 0 unspecified atom stereocenters. The van der Waals surface area contributed by atoms with Crippen molar-refractivity contribution in [2.45, 2.75) is 13.0 Å². The Kier molecular flexibility index (Phi) is 3.68. The van der Waals surface area contributed by atoms with Gasteiger partial charge in [-0.2, -0.15) is 9.19 Å². The zero-order valence-electron chi connectivity index (χ0n) is 12.3. The lowest BCUT2D eigenvalue weighted by atomic mass is 10.0. The van der Waals surface area contributed by atoms with Crippen molar-refractivity contribution in [1.29, 1.82) is 0 Å². The summed E-state index contributed by atoms with van der Waals surface area (Å²) in [5.41, 5.74) is 2.38. The van der Waals surface area contributed by atoms with Gasteiger partial charge in [0.25, 0.3) is 10.0 Å².